The van der Waals surface area contributed by atoms with Crippen LogP contribution in [0, 0.1) is 79.9 Å². The van der Waals surface area contributed by atoms with Gasteiger partial charge in [-0.05, 0) is 0 Å². The molecule has 10 N–H and O–H groups in total. The number of carbonyl (C=O) groups is 4. The molecule has 0 aliphatic carbocycles. The van der Waals surface area contributed by atoms with E-state index in [1.165, 1.54) is 14.7 Å². The van der Waals surface area contributed by atoms with Crippen molar-refractivity contribution in [2.24, 2.45) is 22.9 Å². The zero-order chi connectivity index (χ0) is 23.8. The number of hydrogen-bond donors (Lipinski definition) is 6. The number of carbonyl (C=O) groups excluding carboxylic acids is 2. The van der Waals surface area contributed by atoms with Gasteiger partial charge in [0.1, 0.15) is 6.54 Å². The first-order valence-corrected chi connectivity index (χ1v) is 9.97. The molecule has 0 fully saturated rings. The Kier molecular flexibility index (Phi) is 25.8. The van der Waals surface area contributed by atoms with E-state index in [1.54, 1.807) is 0 Å². The third kappa shape index (κ3) is 17.2. The van der Waals surface area contributed by atoms with E-state index in [-0.39, 0.29) is 158 Å². The maximum atomic E-state index is 12.7. The molecule has 16 heteroatoms. The molecule has 14 nitrogen and oxygen atoms in total. The van der Waals surface area contributed by atoms with Crippen molar-refractivity contribution in [3.8, 4) is 0 Å². The van der Waals surface area contributed by atoms with Crippen molar-refractivity contribution in [2.75, 3.05) is 85.1 Å². The first-order chi connectivity index (χ1) is 14.7. The van der Waals surface area contributed by atoms with Crippen molar-refractivity contribution in [3.05, 3.63) is 0 Å². The predicted octanol–water partition coefficient (Wildman–Crippen LogP) is -4.16. The van der Waals surface area contributed by atoms with Crippen LogP contribution in [0.2, 0.25) is 0 Å². The molecule has 0 aliphatic heterocycles. The topological polar surface area (TPSA) is 226 Å². The summed E-state index contributed by atoms with van der Waals surface area (Å²) < 4.78 is 0. The van der Waals surface area contributed by atoms with Crippen LogP contribution in [-0.2, 0) is 14.4 Å². The van der Waals surface area contributed by atoms with Crippen molar-refractivity contribution < 1.29 is 109 Å². The molecular formula is C17H36Gd2N8O6+3. The van der Waals surface area contributed by atoms with E-state index in [0.29, 0.717) is 0 Å². The van der Waals surface area contributed by atoms with Crippen LogP contribution in [0.3, 0.4) is 0 Å². The summed E-state index contributed by atoms with van der Waals surface area (Å²) in [5.74, 6) is -2.76. The molecule has 0 spiro atoms. The number of carboxylic acid groups (broad SMARTS) is 2. The fourth-order valence-electron chi connectivity index (χ4n) is 2.85. The Morgan fingerprint density at radius 3 is 1.39 bits per heavy atom. The second-order valence-corrected chi connectivity index (χ2v) is 6.72. The normalized spacial score (nSPS) is 10.1. The van der Waals surface area contributed by atoms with Gasteiger partial charge in [0.25, 0.3) is 0 Å². The van der Waals surface area contributed by atoms with Crippen LogP contribution in [0.5, 0.6) is 0 Å². The first-order valence-electron chi connectivity index (χ1n) is 9.97. The number of nitrogens with zero attached hydrogens (tertiary/aromatic N) is 4. The Balaban J connectivity index is -0.00000450. The standard InChI is InChI=1S/C17H36N8O6.2Gd/c18-1-5-23(6-2-19)14(26)11-22(12-15(27)28)9-10-25(13-16(29)30)17(31)24(7-3-20)8-4-21;;/h1-13,18-21H2,(H,27,28)(H,29,30);;/q;;+3. The van der Waals surface area contributed by atoms with Crippen LogP contribution >= 0.6 is 0 Å². The van der Waals surface area contributed by atoms with Gasteiger partial charge in [-0.3, -0.25) is 19.3 Å². The van der Waals surface area contributed by atoms with E-state index >= 15 is 0 Å². The molecule has 0 aromatic rings. The van der Waals surface area contributed by atoms with E-state index in [9.17, 15) is 24.3 Å². The second kappa shape index (κ2) is 22.6. The van der Waals surface area contributed by atoms with Gasteiger partial charge in [0, 0.05) is 105 Å². The summed E-state index contributed by atoms with van der Waals surface area (Å²) in [6.07, 6.45) is 0. The smallest absolute Gasteiger partial charge is 0.480 e. The van der Waals surface area contributed by atoms with E-state index in [4.69, 9.17) is 28.0 Å². The Labute approximate surface area is 258 Å². The molecule has 0 aromatic carbocycles. The van der Waals surface area contributed by atoms with Gasteiger partial charge < -0.3 is 47.8 Å². The average Bonchev–Trinajstić information content (AvgIpc) is 2.69. The van der Waals surface area contributed by atoms with Crippen molar-refractivity contribution in [1.29, 1.82) is 0 Å². The first kappa shape index (κ1) is 37.7. The molecule has 0 heterocycles. The van der Waals surface area contributed by atoms with Gasteiger partial charge in [0.15, 0.2) is 0 Å². The van der Waals surface area contributed by atoms with Crippen LogP contribution in [0.1, 0.15) is 0 Å². The SMILES string of the molecule is NCCN(CCN)C(=O)CN(CCN(CC(=O)O)C(=O)N(CCN)CCN)CC(=O)O.[Gd+3].[Gd]. The van der Waals surface area contributed by atoms with Crippen molar-refractivity contribution in [1.82, 2.24) is 19.6 Å². The molecule has 1 radical (unpaired) electrons. The van der Waals surface area contributed by atoms with Gasteiger partial charge in [-0.15, -0.1) is 0 Å². The van der Waals surface area contributed by atoms with Gasteiger partial charge in [-0.1, -0.05) is 0 Å². The van der Waals surface area contributed by atoms with Crippen LogP contribution < -0.4 is 22.9 Å². The molecule has 0 unspecified atom stereocenters. The number of hydrogen-bond acceptors (Lipinski definition) is 9. The van der Waals surface area contributed by atoms with Crippen LogP contribution in [0.15, 0.2) is 0 Å². The van der Waals surface area contributed by atoms with Gasteiger partial charge in [0.05, 0.1) is 13.1 Å². The minimum atomic E-state index is -1.23. The van der Waals surface area contributed by atoms with Crippen LogP contribution in [0.4, 0.5) is 4.79 Å². The van der Waals surface area contributed by atoms with Gasteiger partial charge in [-0.2, -0.15) is 0 Å². The number of carboxylic acids is 2. The molecule has 0 aromatic heterocycles. The number of urea groups is 1. The minimum Gasteiger partial charge on any atom is -0.480 e. The summed E-state index contributed by atoms with van der Waals surface area (Å²) in [4.78, 5) is 52.9. The number of amides is 3. The molecule has 33 heavy (non-hydrogen) atoms. The minimum absolute atomic E-state index is 0. The molecule has 0 saturated carbocycles. The zero-order valence-corrected chi connectivity index (χ0v) is 23.1. The van der Waals surface area contributed by atoms with Crippen molar-refractivity contribution in [3.63, 3.8) is 0 Å². The van der Waals surface area contributed by atoms with Crippen molar-refractivity contribution >= 4 is 23.9 Å². The van der Waals surface area contributed by atoms with E-state index in [2.05, 4.69) is 0 Å². The number of rotatable bonds is 17. The molecule has 3 amide bonds. The molecule has 0 saturated heterocycles. The molecule has 0 aliphatic rings. The second-order valence-electron chi connectivity index (χ2n) is 6.72. The third-order valence-electron chi connectivity index (χ3n) is 4.22. The fourth-order valence-corrected chi connectivity index (χ4v) is 2.85. The largest absolute Gasteiger partial charge is 3.00 e. The fraction of sp³-hybridized carbons (Fsp3) is 0.765. The monoisotopic (exact) mass is 764 g/mol. The van der Waals surface area contributed by atoms with E-state index < -0.39 is 31.1 Å². The summed E-state index contributed by atoms with van der Waals surface area (Å²) in [6, 6.07) is -0.576. The van der Waals surface area contributed by atoms with Gasteiger partial charge >= 0.3 is 57.9 Å². The molecular weight excluding hydrogens is 727 g/mol. The van der Waals surface area contributed by atoms with Crippen molar-refractivity contribution in [2.45, 2.75) is 0 Å². The third-order valence-corrected chi connectivity index (χ3v) is 4.22. The Bertz CT molecular complexity index is 578. The Morgan fingerprint density at radius 1 is 0.576 bits per heavy atom. The summed E-state index contributed by atoms with van der Waals surface area (Å²) in [5.41, 5.74) is 22.0. The maximum Gasteiger partial charge on any atom is 3.00 e. The Morgan fingerprint density at radius 2 is 1.00 bits per heavy atom. The number of nitrogens with two attached hydrogens (primary N) is 4. The molecule has 0 bridgehead atoms. The zero-order valence-electron chi connectivity index (χ0n) is 18.5. The molecule has 0 atom stereocenters. The van der Waals surface area contributed by atoms with Crippen LogP contribution in [0.25, 0.3) is 0 Å². The van der Waals surface area contributed by atoms with E-state index in [0.717, 1.165) is 4.90 Å². The summed E-state index contributed by atoms with van der Waals surface area (Å²) in [5, 5.41) is 18.3. The Hall–Kier alpha value is 0.129. The van der Waals surface area contributed by atoms with Crippen LogP contribution in [-0.4, -0.2) is 139 Å². The summed E-state index contributed by atoms with van der Waals surface area (Å²) in [7, 11) is 0. The number of aliphatic carboxylic acids is 2. The maximum absolute atomic E-state index is 12.7. The molecule has 193 valence electrons. The molecule has 0 rings (SSSR count). The van der Waals surface area contributed by atoms with E-state index in [1.807, 2.05) is 0 Å². The average molecular weight is 763 g/mol. The van der Waals surface area contributed by atoms with Gasteiger partial charge in [0.2, 0.25) is 5.91 Å². The predicted molar refractivity (Wildman–Crippen MR) is 113 cm³/mol. The quantitative estimate of drug-likeness (QED) is 0.0835. The summed E-state index contributed by atoms with van der Waals surface area (Å²) in [6.45, 7) is 0.287. The van der Waals surface area contributed by atoms with Gasteiger partial charge in [-0.25, -0.2) is 4.79 Å². The summed E-state index contributed by atoms with van der Waals surface area (Å²) >= 11 is 0.